The first-order valence-corrected chi connectivity index (χ1v) is 8.28. The van der Waals surface area contributed by atoms with Gasteiger partial charge in [0.15, 0.2) is 11.4 Å². The van der Waals surface area contributed by atoms with Crippen molar-refractivity contribution in [1.29, 1.82) is 0 Å². The Bertz CT molecular complexity index is 1020. The number of nitrogens with zero attached hydrogens (tertiary/aromatic N) is 2. The van der Waals surface area contributed by atoms with Crippen molar-refractivity contribution >= 4 is 22.9 Å². The van der Waals surface area contributed by atoms with Crippen molar-refractivity contribution < 1.29 is 4.74 Å². The van der Waals surface area contributed by atoms with Crippen molar-refractivity contribution in [1.82, 2.24) is 9.38 Å². The number of anilines is 1. The molecule has 2 N–H and O–H groups in total. The van der Waals surface area contributed by atoms with Gasteiger partial charge in [0.25, 0.3) is 0 Å². The third-order valence-corrected chi connectivity index (χ3v) is 4.19. The molecule has 2 aromatic heterocycles. The standard InChI is InChI=1S/C20H16ClN3O/c21-16-8-6-14(7-9-16)13-25-19-5-2-10-24-12-18(23-20(19)24)15-3-1-4-17(22)11-15/h1-12H,13,22H2. The Kier molecular flexibility index (Phi) is 4.04. The minimum absolute atomic E-state index is 0.456. The number of halogens is 1. The predicted molar refractivity (Wildman–Crippen MR) is 101 cm³/mol. The zero-order valence-electron chi connectivity index (χ0n) is 13.4. The average molecular weight is 350 g/mol. The summed E-state index contributed by atoms with van der Waals surface area (Å²) in [7, 11) is 0. The van der Waals surface area contributed by atoms with Crippen LogP contribution in [0.2, 0.25) is 5.02 Å². The van der Waals surface area contributed by atoms with Gasteiger partial charge in [0.1, 0.15) is 6.61 Å². The van der Waals surface area contributed by atoms with Crippen LogP contribution in [0, 0.1) is 0 Å². The van der Waals surface area contributed by atoms with Crippen LogP contribution in [0.1, 0.15) is 5.56 Å². The SMILES string of the molecule is Nc1cccc(-c2cn3cccc(OCc4ccc(Cl)cc4)c3n2)c1. The average Bonchev–Trinajstić information content (AvgIpc) is 3.06. The second-order valence-corrected chi connectivity index (χ2v) is 6.21. The normalized spacial score (nSPS) is 10.9. The number of aromatic nitrogens is 2. The number of pyridine rings is 1. The summed E-state index contributed by atoms with van der Waals surface area (Å²) in [6.07, 6.45) is 3.92. The van der Waals surface area contributed by atoms with E-state index < -0.39 is 0 Å². The van der Waals surface area contributed by atoms with Crippen LogP contribution in [-0.2, 0) is 6.61 Å². The molecule has 0 spiro atoms. The molecule has 0 aliphatic rings. The minimum Gasteiger partial charge on any atom is -0.485 e. The van der Waals surface area contributed by atoms with Crippen molar-refractivity contribution in [2.75, 3.05) is 5.73 Å². The fourth-order valence-electron chi connectivity index (χ4n) is 2.68. The van der Waals surface area contributed by atoms with Gasteiger partial charge >= 0.3 is 0 Å². The second kappa shape index (κ2) is 6.49. The van der Waals surface area contributed by atoms with Crippen LogP contribution in [0.4, 0.5) is 5.69 Å². The molecule has 0 aliphatic heterocycles. The highest BCUT2D eigenvalue weighted by molar-refractivity contribution is 6.30. The quantitative estimate of drug-likeness (QED) is 0.537. The third-order valence-electron chi connectivity index (χ3n) is 3.94. The Labute approximate surface area is 150 Å². The topological polar surface area (TPSA) is 52.5 Å². The number of fused-ring (bicyclic) bond motifs is 1. The van der Waals surface area contributed by atoms with Gasteiger partial charge in [0.2, 0.25) is 0 Å². The fraction of sp³-hybridized carbons (Fsp3) is 0.0500. The minimum atomic E-state index is 0.456. The first-order chi connectivity index (χ1) is 12.2. The van der Waals surface area contributed by atoms with Crippen LogP contribution in [0.25, 0.3) is 16.9 Å². The van der Waals surface area contributed by atoms with E-state index in [0.717, 1.165) is 28.2 Å². The van der Waals surface area contributed by atoms with E-state index in [1.807, 2.05) is 77.5 Å². The molecule has 0 aliphatic carbocycles. The summed E-state index contributed by atoms with van der Waals surface area (Å²) in [4.78, 5) is 4.71. The number of ether oxygens (including phenoxy) is 1. The number of hydrogen-bond acceptors (Lipinski definition) is 3. The number of hydrogen-bond donors (Lipinski definition) is 1. The van der Waals surface area contributed by atoms with Crippen LogP contribution in [-0.4, -0.2) is 9.38 Å². The molecule has 4 nitrogen and oxygen atoms in total. The van der Waals surface area contributed by atoms with Crippen molar-refractivity contribution in [3.05, 3.63) is 83.6 Å². The maximum Gasteiger partial charge on any atom is 0.180 e. The zero-order valence-corrected chi connectivity index (χ0v) is 14.1. The number of benzene rings is 2. The number of nitrogen functional groups attached to an aromatic ring is 1. The third kappa shape index (κ3) is 3.30. The monoisotopic (exact) mass is 349 g/mol. The van der Waals surface area contributed by atoms with E-state index in [2.05, 4.69) is 0 Å². The molecule has 4 rings (SSSR count). The number of rotatable bonds is 4. The van der Waals surface area contributed by atoms with Crippen molar-refractivity contribution in [3.8, 4) is 17.0 Å². The van der Waals surface area contributed by atoms with Gasteiger partial charge in [-0.25, -0.2) is 4.98 Å². The number of nitrogens with two attached hydrogens (primary N) is 1. The van der Waals surface area contributed by atoms with Crippen LogP contribution < -0.4 is 10.5 Å². The molecule has 25 heavy (non-hydrogen) atoms. The summed E-state index contributed by atoms with van der Waals surface area (Å²) in [5.74, 6) is 0.729. The molecule has 0 bridgehead atoms. The van der Waals surface area contributed by atoms with Gasteiger partial charge in [-0.15, -0.1) is 0 Å². The molecule has 0 saturated heterocycles. The first kappa shape index (κ1) is 15.5. The van der Waals surface area contributed by atoms with E-state index in [1.54, 1.807) is 0 Å². The van der Waals surface area contributed by atoms with Gasteiger partial charge in [-0.05, 0) is 42.0 Å². The van der Waals surface area contributed by atoms with Crippen LogP contribution in [0.5, 0.6) is 5.75 Å². The van der Waals surface area contributed by atoms with Crippen LogP contribution in [0.3, 0.4) is 0 Å². The molecule has 4 aromatic rings. The Balaban J connectivity index is 1.64. The Morgan fingerprint density at radius 3 is 2.68 bits per heavy atom. The second-order valence-electron chi connectivity index (χ2n) is 5.77. The summed E-state index contributed by atoms with van der Waals surface area (Å²) >= 11 is 5.92. The molecule has 5 heteroatoms. The van der Waals surface area contributed by atoms with E-state index in [0.29, 0.717) is 17.3 Å². The summed E-state index contributed by atoms with van der Waals surface area (Å²) in [5.41, 5.74) is 10.2. The Hall–Kier alpha value is -2.98. The highest BCUT2D eigenvalue weighted by atomic mass is 35.5. The van der Waals surface area contributed by atoms with Gasteiger partial charge in [-0.3, -0.25) is 0 Å². The van der Waals surface area contributed by atoms with Gasteiger partial charge in [-0.2, -0.15) is 0 Å². The van der Waals surface area contributed by atoms with Gasteiger partial charge < -0.3 is 14.9 Å². The summed E-state index contributed by atoms with van der Waals surface area (Å²) in [6.45, 7) is 0.456. The lowest BCUT2D eigenvalue weighted by atomic mass is 10.1. The van der Waals surface area contributed by atoms with E-state index in [9.17, 15) is 0 Å². The molecule has 0 amide bonds. The Morgan fingerprint density at radius 1 is 1.04 bits per heavy atom. The molecule has 0 atom stereocenters. The van der Waals surface area contributed by atoms with Crippen LogP contribution in [0.15, 0.2) is 73.1 Å². The van der Waals surface area contributed by atoms with Gasteiger partial charge in [-0.1, -0.05) is 35.9 Å². The summed E-state index contributed by atoms with van der Waals surface area (Å²) in [5, 5.41) is 0.714. The Morgan fingerprint density at radius 2 is 1.88 bits per heavy atom. The highest BCUT2D eigenvalue weighted by Crippen LogP contribution is 2.26. The molecule has 124 valence electrons. The fourth-order valence-corrected chi connectivity index (χ4v) is 2.80. The number of imidazole rings is 1. The summed E-state index contributed by atoms with van der Waals surface area (Å²) in [6, 6.07) is 19.2. The lowest BCUT2D eigenvalue weighted by molar-refractivity contribution is 0.308. The lowest BCUT2D eigenvalue weighted by Crippen LogP contribution is -1.97. The predicted octanol–water partition coefficient (Wildman–Crippen LogP) is 4.82. The molecular weight excluding hydrogens is 334 g/mol. The molecule has 0 radical (unpaired) electrons. The van der Waals surface area contributed by atoms with E-state index in [4.69, 9.17) is 27.1 Å². The lowest BCUT2D eigenvalue weighted by Gasteiger charge is -2.07. The molecule has 2 heterocycles. The zero-order chi connectivity index (χ0) is 17.2. The molecular formula is C20H16ClN3O. The van der Waals surface area contributed by atoms with Gasteiger partial charge in [0, 0.05) is 28.7 Å². The molecule has 0 fully saturated rings. The van der Waals surface area contributed by atoms with Crippen LogP contribution >= 0.6 is 11.6 Å². The van der Waals surface area contributed by atoms with E-state index in [1.165, 1.54) is 0 Å². The highest BCUT2D eigenvalue weighted by Gasteiger charge is 2.09. The molecule has 0 unspecified atom stereocenters. The van der Waals surface area contributed by atoms with Crippen molar-refractivity contribution in [2.45, 2.75) is 6.61 Å². The molecule has 2 aromatic carbocycles. The maximum absolute atomic E-state index is 5.97. The van der Waals surface area contributed by atoms with Crippen molar-refractivity contribution in [2.24, 2.45) is 0 Å². The largest absolute Gasteiger partial charge is 0.485 e. The van der Waals surface area contributed by atoms with E-state index in [-0.39, 0.29) is 0 Å². The van der Waals surface area contributed by atoms with Gasteiger partial charge in [0.05, 0.1) is 5.69 Å². The first-order valence-electron chi connectivity index (χ1n) is 7.90. The van der Waals surface area contributed by atoms with Crippen molar-refractivity contribution in [3.63, 3.8) is 0 Å². The summed E-state index contributed by atoms with van der Waals surface area (Å²) < 4.78 is 7.92. The van der Waals surface area contributed by atoms with E-state index >= 15 is 0 Å². The maximum atomic E-state index is 5.97. The smallest absolute Gasteiger partial charge is 0.180 e. The molecule has 0 saturated carbocycles.